The zero-order valence-electron chi connectivity index (χ0n) is 19.9. The Balaban J connectivity index is 1.37. The standard InChI is InChI=1S/C30H24F2N4O/c31-16-21-7-4-8-24(13-21)30(37)34-18-25-14-22(9-11-27(25)32)23-10-12-28-26(15-23)29(36-19-35-28)33-17-20-5-2-1-3-6-20/h1-15,19H,16-18H2,(H,34,37)(H,33,35,36). The highest BCUT2D eigenvalue weighted by atomic mass is 19.1. The van der Waals surface area contributed by atoms with Gasteiger partial charge in [0.05, 0.1) is 5.52 Å². The molecule has 184 valence electrons. The van der Waals surface area contributed by atoms with Crippen LogP contribution in [0.3, 0.4) is 0 Å². The second-order valence-corrected chi connectivity index (χ2v) is 8.62. The lowest BCUT2D eigenvalue weighted by molar-refractivity contribution is 0.0950. The summed E-state index contributed by atoms with van der Waals surface area (Å²) in [6.45, 7) is -0.0389. The van der Waals surface area contributed by atoms with Gasteiger partial charge in [-0.25, -0.2) is 18.7 Å². The van der Waals surface area contributed by atoms with E-state index in [0.717, 1.165) is 27.6 Å². The number of anilines is 1. The predicted molar refractivity (Wildman–Crippen MR) is 141 cm³/mol. The van der Waals surface area contributed by atoms with E-state index in [2.05, 4.69) is 20.6 Å². The van der Waals surface area contributed by atoms with E-state index in [9.17, 15) is 13.6 Å². The van der Waals surface area contributed by atoms with Crippen LogP contribution < -0.4 is 10.6 Å². The number of carbonyl (C=O) groups is 1. The molecule has 0 aliphatic carbocycles. The monoisotopic (exact) mass is 494 g/mol. The summed E-state index contributed by atoms with van der Waals surface area (Å²) in [5.74, 6) is -0.103. The molecule has 0 unspecified atom stereocenters. The fourth-order valence-electron chi connectivity index (χ4n) is 4.12. The fraction of sp³-hybridized carbons (Fsp3) is 0.100. The van der Waals surface area contributed by atoms with Crippen molar-refractivity contribution in [1.29, 1.82) is 0 Å². The van der Waals surface area contributed by atoms with Crippen molar-refractivity contribution in [3.05, 3.63) is 125 Å². The summed E-state index contributed by atoms with van der Waals surface area (Å²) in [6.07, 6.45) is 1.53. The quantitative estimate of drug-likeness (QED) is 0.260. The molecule has 0 saturated heterocycles. The first kappa shape index (κ1) is 24.1. The molecule has 1 aromatic heterocycles. The maximum absolute atomic E-state index is 14.6. The average Bonchev–Trinajstić information content (AvgIpc) is 2.95. The number of nitrogens with one attached hydrogen (secondary N) is 2. The Morgan fingerprint density at radius 3 is 2.41 bits per heavy atom. The third kappa shape index (κ3) is 5.62. The molecule has 4 aromatic carbocycles. The Morgan fingerprint density at radius 1 is 0.784 bits per heavy atom. The smallest absolute Gasteiger partial charge is 0.251 e. The molecular formula is C30H24F2N4O. The van der Waals surface area contributed by atoms with Crippen LogP contribution in [-0.2, 0) is 19.8 Å². The largest absolute Gasteiger partial charge is 0.365 e. The lowest BCUT2D eigenvalue weighted by Gasteiger charge is -2.12. The summed E-state index contributed by atoms with van der Waals surface area (Å²) in [5.41, 5.74) is 4.68. The van der Waals surface area contributed by atoms with Crippen LogP contribution in [0, 0.1) is 5.82 Å². The van der Waals surface area contributed by atoms with Crippen LogP contribution in [0.5, 0.6) is 0 Å². The lowest BCUT2D eigenvalue weighted by atomic mass is 10.0. The van der Waals surface area contributed by atoms with E-state index in [4.69, 9.17) is 0 Å². The fourth-order valence-corrected chi connectivity index (χ4v) is 4.12. The number of carbonyl (C=O) groups excluding carboxylic acids is 1. The normalized spacial score (nSPS) is 10.9. The van der Waals surface area contributed by atoms with Crippen LogP contribution >= 0.6 is 0 Å². The molecule has 1 heterocycles. The number of alkyl halides is 1. The number of halogens is 2. The summed E-state index contributed by atoms with van der Waals surface area (Å²) in [7, 11) is 0. The van der Waals surface area contributed by atoms with Gasteiger partial charge in [0.2, 0.25) is 0 Å². The molecule has 0 radical (unpaired) electrons. The molecule has 5 rings (SSSR count). The highest BCUT2D eigenvalue weighted by Crippen LogP contribution is 2.28. The van der Waals surface area contributed by atoms with Crippen molar-refractivity contribution < 1.29 is 13.6 Å². The second kappa shape index (κ2) is 11.0. The summed E-state index contributed by atoms with van der Waals surface area (Å²) in [6, 6.07) is 27.0. The first-order chi connectivity index (χ1) is 18.1. The number of benzene rings is 4. The first-order valence-electron chi connectivity index (χ1n) is 11.8. The minimum atomic E-state index is -0.655. The summed E-state index contributed by atoms with van der Waals surface area (Å²) in [4.78, 5) is 21.3. The molecule has 2 N–H and O–H groups in total. The van der Waals surface area contributed by atoms with Crippen LogP contribution in [0.4, 0.5) is 14.6 Å². The molecule has 0 bridgehead atoms. The van der Waals surface area contributed by atoms with Gasteiger partial charge in [-0.1, -0.05) is 54.6 Å². The Labute approximate surface area is 213 Å². The summed E-state index contributed by atoms with van der Waals surface area (Å²) < 4.78 is 27.5. The molecule has 5 nitrogen and oxygen atoms in total. The molecule has 0 aliphatic rings. The Kier molecular flexibility index (Phi) is 7.12. The highest BCUT2D eigenvalue weighted by molar-refractivity contribution is 5.94. The van der Waals surface area contributed by atoms with Gasteiger partial charge in [-0.2, -0.15) is 0 Å². The van der Waals surface area contributed by atoms with E-state index in [0.29, 0.717) is 29.1 Å². The van der Waals surface area contributed by atoms with Crippen molar-refractivity contribution >= 4 is 22.6 Å². The molecule has 0 spiro atoms. The van der Waals surface area contributed by atoms with E-state index in [-0.39, 0.29) is 6.54 Å². The number of nitrogens with zero attached hydrogens (tertiary/aromatic N) is 2. The molecule has 37 heavy (non-hydrogen) atoms. The van der Waals surface area contributed by atoms with Gasteiger partial charge in [0.15, 0.2) is 0 Å². The summed E-state index contributed by atoms with van der Waals surface area (Å²) in [5, 5.41) is 6.95. The van der Waals surface area contributed by atoms with Gasteiger partial charge in [0, 0.05) is 29.6 Å². The van der Waals surface area contributed by atoms with Gasteiger partial charge in [0.25, 0.3) is 5.91 Å². The molecule has 0 fully saturated rings. The zero-order valence-corrected chi connectivity index (χ0v) is 19.9. The maximum atomic E-state index is 14.6. The molecule has 0 atom stereocenters. The highest BCUT2D eigenvalue weighted by Gasteiger charge is 2.11. The third-order valence-electron chi connectivity index (χ3n) is 6.10. The van der Waals surface area contributed by atoms with E-state index < -0.39 is 18.4 Å². The number of amides is 1. The van der Waals surface area contributed by atoms with Crippen molar-refractivity contribution in [2.45, 2.75) is 19.8 Å². The van der Waals surface area contributed by atoms with E-state index in [1.54, 1.807) is 30.3 Å². The Morgan fingerprint density at radius 2 is 1.57 bits per heavy atom. The van der Waals surface area contributed by atoms with Crippen LogP contribution in [-0.4, -0.2) is 15.9 Å². The molecule has 0 aliphatic heterocycles. The SMILES string of the molecule is O=C(NCc1cc(-c2ccc3ncnc(NCc4ccccc4)c3c2)ccc1F)c1cccc(CF)c1. The van der Waals surface area contributed by atoms with Crippen LogP contribution in [0.25, 0.3) is 22.0 Å². The molecule has 7 heteroatoms. The lowest BCUT2D eigenvalue weighted by Crippen LogP contribution is -2.23. The van der Waals surface area contributed by atoms with Crippen molar-refractivity contribution in [3.63, 3.8) is 0 Å². The van der Waals surface area contributed by atoms with E-state index >= 15 is 0 Å². The minimum Gasteiger partial charge on any atom is -0.365 e. The van der Waals surface area contributed by atoms with Gasteiger partial charge in [0.1, 0.15) is 24.6 Å². The van der Waals surface area contributed by atoms with Gasteiger partial charge < -0.3 is 10.6 Å². The second-order valence-electron chi connectivity index (χ2n) is 8.62. The van der Waals surface area contributed by atoms with Crippen molar-refractivity contribution in [2.75, 3.05) is 5.32 Å². The van der Waals surface area contributed by atoms with Gasteiger partial charge in [-0.15, -0.1) is 0 Å². The van der Waals surface area contributed by atoms with Gasteiger partial charge in [-0.05, 0) is 58.7 Å². The van der Waals surface area contributed by atoms with E-state index in [1.807, 2.05) is 48.5 Å². The molecular weight excluding hydrogens is 470 g/mol. The number of hydrogen-bond donors (Lipinski definition) is 2. The minimum absolute atomic E-state index is 0.00106. The number of hydrogen-bond acceptors (Lipinski definition) is 4. The predicted octanol–water partition coefficient (Wildman–Crippen LogP) is 6.45. The van der Waals surface area contributed by atoms with E-state index in [1.165, 1.54) is 18.5 Å². The maximum Gasteiger partial charge on any atom is 0.251 e. The van der Waals surface area contributed by atoms with Crippen LogP contribution in [0.15, 0.2) is 97.3 Å². The van der Waals surface area contributed by atoms with Crippen molar-refractivity contribution in [1.82, 2.24) is 15.3 Å². The molecule has 5 aromatic rings. The van der Waals surface area contributed by atoms with Crippen LogP contribution in [0.1, 0.15) is 27.0 Å². The Hall–Kier alpha value is -4.65. The first-order valence-corrected chi connectivity index (χ1v) is 11.8. The molecule has 1 amide bonds. The van der Waals surface area contributed by atoms with Gasteiger partial charge >= 0.3 is 0 Å². The number of rotatable bonds is 8. The van der Waals surface area contributed by atoms with Crippen molar-refractivity contribution in [3.8, 4) is 11.1 Å². The third-order valence-corrected chi connectivity index (χ3v) is 6.10. The average molecular weight is 495 g/mol. The summed E-state index contributed by atoms with van der Waals surface area (Å²) >= 11 is 0. The number of aromatic nitrogens is 2. The zero-order chi connectivity index (χ0) is 25.6. The van der Waals surface area contributed by atoms with Crippen LogP contribution in [0.2, 0.25) is 0 Å². The topological polar surface area (TPSA) is 66.9 Å². The number of fused-ring (bicyclic) bond motifs is 1. The van der Waals surface area contributed by atoms with Gasteiger partial charge in [-0.3, -0.25) is 4.79 Å². The van der Waals surface area contributed by atoms with Crippen molar-refractivity contribution in [2.24, 2.45) is 0 Å². The molecule has 0 saturated carbocycles. The Bertz CT molecular complexity index is 1560.